The van der Waals surface area contributed by atoms with E-state index >= 15 is 0 Å². The molecule has 0 bridgehead atoms. The third-order valence-electron chi connectivity index (χ3n) is 6.55. The van der Waals surface area contributed by atoms with Crippen LogP contribution >= 0.6 is 0 Å². The number of oxazole rings is 1. The van der Waals surface area contributed by atoms with Crippen molar-refractivity contribution in [3.8, 4) is 33.8 Å². The van der Waals surface area contributed by atoms with Crippen LogP contribution in [-0.2, 0) is 13.1 Å². The maximum Gasteiger partial charge on any atom is 0.420 e. The van der Waals surface area contributed by atoms with E-state index in [0.29, 0.717) is 29.3 Å². The van der Waals surface area contributed by atoms with Crippen molar-refractivity contribution >= 4 is 5.78 Å². The fourth-order valence-corrected chi connectivity index (χ4v) is 4.70. The predicted octanol–water partition coefficient (Wildman–Crippen LogP) is 5.97. The average molecular weight is 513 g/mol. The van der Waals surface area contributed by atoms with E-state index in [4.69, 9.17) is 4.42 Å². The van der Waals surface area contributed by atoms with Gasteiger partial charge in [-0.2, -0.15) is 0 Å². The van der Waals surface area contributed by atoms with Crippen molar-refractivity contribution in [1.29, 1.82) is 0 Å². The molecule has 0 radical (unpaired) electrons. The Kier molecular flexibility index (Phi) is 6.53. The number of hydrogen-bond acceptors (Lipinski definition) is 5. The summed E-state index contributed by atoms with van der Waals surface area (Å²) in [6.45, 7) is 0.564. The first-order valence-corrected chi connectivity index (χ1v) is 12.6. The van der Waals surface area contributed by atoms with Crippen LogP contribution < -0.4 is 5.76 Å². The van der Waals surface area contributed by atoms with Gasteiger partial charge in [-0.25, -0.2) is 9.48 Å². The highest BCUT2D eigenvalue weighted by atomic mass is 16.4. The largest absolute Gasteiger partial charge is 0.420 e. The molecular formula is C32H24N4O3. The summed E-state index contributed by atoms with van der Waals surface area (Å²) >= 11 is 0. The standard InChI is InChI=1S/C32H24N4O3/c37-30(25-17-9-3-10-18-25)27-28(23-13-5-1-6-14-23)36(34-33-27)22-21-35-29(24-15-7-2-8-16-24)31(39-32(35)38)26-19-11-4-12-20-26/h1-20H,21-22H2. The van der Waals surface area contributed by atoms with E-state index in [1.54, 1.807) is 21.4 Å². The number of carbonyl (C=O) groups excluding carboxylic acids is 1. The number of carbonyl (C=O) groups is 1. The second-order valence-electron chi connectivity index (χ2n) is 9.00. The van der Waals surface area contributed by atoms with E-state index in [9.17, 15) is 9.59 Å². The monoisotopic (exact) mass is 512 g/mol. The zero-order chi connectivity index (χ0) is 26.6. The first kappa shape index (κ1) is 24.1. The molecule has 0 aliphatic carbocycles. The molecule has 0 aliphatic heterocycles. The summed E-state index contributed by atoms with van der Waals surface area (Å²) in [7, 11) is 0. The molecule has 39 heavy (non-hydrogen) atoms. The number of rotatable bonds is 8. The van der Waals surface area contributed by atoms with Gasteiger partial charge < -0.3 is 4.42 Å². The molecule has 0 fully saturated rings. The molecule has 7 heteroatoms. The van der Waals surface area contributed by atoms with Crippen LogP contribution in [0.4, 0.5) is 0 Å². The predicted molar refractivity (Wildman–Crippen MR) is 149 cm³/mol. The van der Waals surface area contributed by atoms with Crippen molar-refractivity contribution in [1.82, 2.24) is 19.6 Å². The number of hydrogen-bond donors (Lipinski definition) is 0. The average Bonchev–Trinajstić information content (AvgIpc) is 3.58. The quantitative estimate of drug-likeness (QED) is 0.235. The minimum atomic E-state index is -0.463. The number of nitrogens with zero attached hydrogens (tertiary/aromatic N) is 4. The molecule has 6 rings (SSSR count). The summed E-state index contributed by atoms with van der Waals surface area (Å²) in [6.07, 6.45) is 0. The fourth-order valence-electron chi connectivity index (χ4n) is 4.70. The lowest BCUT2D eigenvalue weighted by Crippen LogP contribution is -2.20. The molecule has 0 amide bonds. The molecule has 2 heterocycles. The molecule has 0 saturated carbocycles. The highest BCUT2D eigenvalue weighted by Gasteiger charge is 2.24. The van der Waals surface area contributed by atoms with Crippen molar-refractivity contribution in [3.05, 3.63) is 143 Å². The molecule has 0 N–H and O–H groups in total. The molecule has 0 unspecified atom stereocenters. The zero-order valence-electron chi connectivity index (χ0n) is 21.0. The molecule has 0 spiro atoms. The second-order valence-corrected chi connectivity index (χ2v) is 9.00. The van der Waals surface area contributed by atoms with Gasteiger partial charge in [0.1, 0.15) is 5.69 Å². The van der Waals surface area contributed by atoms with Gasteiger partial charge in [-0.15, -0.1) is 5.10 Å². The Bertz CT molecular complexity index is 1770. The van der Waals surface area contributed by atoms with Crippen molar-refractivity contribution in [3.63, 3.8) is 0 Å². The first-order valence-electron chi connectivity index (χ1n) is 12.6. The van der Waals surface area contributed by atoms with Crippen LogP contribution in [0.2, 0.25) is 0 Å². The van der Waals surface area contributed by atoms with Gasteiger partial charge in [0, 0.05) is 28.8 Å². The molecule has 190 valence electrons. The molecule has 0 saturated heterocycles. The maximum absolute atomic E-state index is 13.4. The Balaban J connectivity index is 1.42. The van der Waals surface area contributed by atoms with E-state index in [0.717, 1.165) is 16.7 Å². The van der Waals surface area contributed by atoms with Crippen molar-refractivity contribution < 1.29 is 9.21 Å². The summed E-state index contributed by atoms with van der Waals surface area (Å²) in [5.74, 6) is -0.166. The van der Waals surface area contributed by atoms with Crippen LogP contribution in [-0.4, -0.2) is 25.3 Å². The molecule has 0 atom stereocenters. The van der Waals surface area contributed by atoms with Crippen LogP contribution in [0.1, 0.15) is 16.1 Å². The molecular weight excluding hydrogens is 488 g/mol. The molecule has 4 aromatic carbocycles. The Morgan fingerprint density at radius 2 is 1.15 bits per heavy atom. The summed E-state index contributed by atoms with van der Waals surface area (Å²) in [5, 5.41) is 8.64. The van der Waals surface area contributed by atoms with Gasteiger partial charge in [-0.1, -0.05) is 127 Å². The Labute approximate surface area is 224 Å². The number of aryl methyl sites for hydroxylation is 1. The maximum atomic E-state index is 13.4. The van der Waals surface area contributed by atoms with Gasteiger partial charge in [-0.3, -0.25) is 9.36 Å². The van der Waals surface area contributed by atoms with Gasteiger partial charge in [0.2, 0.25) is 5.78 Å². The fraction of sp³-hybridized carbons (Fsp3) is 0.0625. The highest BCUT2D eigenvalue weighted by molar-refractivity contribution is 6.10. The second kappa shape index (κ2) is 10.6. The van der Waals surface area contributed by atoms with Crippen LogP contribution in [0.25, 0.3) is 33.8 Å². The van der Waals surface area contributed by atoms with E-state index in [-0.39, 0.29) is 18.0 Å². The first-order chi connectivity index (χ1) is 19.2. The zero-order valence-corrected chi connectivity index (χ0v) is 21.0. The lowest BCUT2D eigenvalue weighted by Gasteiger charge is -2.11. The third-order valence-corrected chi connectivity index (χ3v) is 6.55. The number of aromatic nitrogens is 4. The lowest BCUT2D eigenvalue weighted by molar-refractivity contribution is 0.103. The smallest absolute Gasteiger partial charge is 0.407 e. The molecule has 2 aromatic heterocycles. The highest BCUT2D eigenvalue weighted by Crippen LogP contribution is 2.32. The van der Waals surface area contributed by atoms with Crippen LogP contribution in [0, 0.1) is 0 Å². The van der Waals surface area contributed by atoms with Gasteiger partial charge in [0.05, 0.1) is 12.2 Å². The van der Waals surface area contributed by atoms with E-state index in [2.05, 4.69) is 10.3 Å². The van der Waals surface area contributed by atoms with Crippen LogP contribution in [0.15, 0.2) is 131 Å². The van der Waals surface area contributed by atoms with Gasteiger partial charge >= 0.3 is 5.76 Å². The molecule has 0 aliphatic rings. The normalized spacial score (nSPS) is 11.0. The van der Waals surface area contributed by atoms with E-state index in [1.807, 2.05) is 109 Å². The molecule has 6 aromatic rings. The summed E-state index contributed by atoms with van der Waals surface area (Å²) in [4.78, 5) is 26.6. The number of ketones is 1. The number of benzene rings is 4. The van der Waals surface area contributed by atoms with Gasteiger partial charge in [0.25, 0.3) is 0 Å². The van der Waals surface area contributed by atoms with Crippen molar-refractivity contribution in [2.75, 3.05) is 0 Å². The summed E-state index contributed by atoms with van der Waals surface area (Å²) in [6, 6.07) is 37.9. The van der Waals surface area contributed by atoms with E-state index in [1.165, 1.54) is 0 Å². The van der Waals surface area contributed by atoms with Crippen LogP contribution in [0.3, 0.4) is 0 Å². The van der Waals surface area contributed by atoms with Crippen LogP contribution in [0.5, 0.6) is 0 Å². The van der Waals surface area contributed by atoms with Crippen molar-refractivity contribution in [2.24, 2.45) is 0 Å². The third kappa shape index (κ3) is 4.73. The minimum absolute atomic E-state index is 0.211. The molecule has 7 nitrogen and oxygen atoms in total. The lowest BCUT2D eigenvalue weighted by atomic mass is 10.0. The van der Waals surface area contributed by atoms with Gasteiger partial charge in [-0.05, 0) is 0 Å². The topological polar surface area (TPSA) is 82.9 Å². The Morgan fingerprint density at radius 3 is 1.74 bits per heavy atom. The van der Waals surface area contributed by atoms with E-state index < -0.39 is 5.76 Å². The summed E-state index contributed by atoms with van der Waals surface area (Å²) in [5.41, 5.74) is 4.58. The van der Waals surface area contributed by atoms with Crippen molar-refractivity contribution in [2.45, 2.75) is 13.1 Å². The Morgan fingerprint density at radius 1 is 0.641 bits per heavy atom. The minimum Gasteiger partial charge on any atom is -0.407 e. The SMILES string of the molecule is O=C(c1ccccc1)c1nnn(CCn2c(-c3ccccc3)c(-c3ccccc3)oc2=O)c1-c1ccccc1. The summed E-state index contributed by atoms with van der Waals surface area (Å²) < 4.78 is 9.10. The van der Waals surface area contributed by atoms with Gasteiger partial charge in [0.15, 0.2) is 11.5 Å². The Hall–Kier alpha value is -5.30.